The van der Waals surface area contributed by atoms with Gasteiger partial charge in [-0.3, -0.25) is 4.79 Å². The Bertz CT molecular complexity index is 225. The summed E-state index contributed by atoms with van der Waals surface area (Å²) in [6.45, 7) is 2.88. The second kappa shape index (κ2) is 3.94. The van der Waals surface area contributed by atoms with Gasteiger partial charge in [0.1, 0.15) is 12.2 Å². The summed E-state index contributed by atoms with van der Waals surface area (Å²) in [6, 6.07) is 0. The highest BCUT2D eigenvalue weighted by Gasteiger charge is 2.49. The van der Waals surface area contributed by atoms with Crippen LogP contribution in [0.4, 0.5) is 0 Å². The summed E-state index contributed by atoms with van der Waals surface area (Å²) >= 11 is 0. The molecule has 0 amide bonds. The summed E-state index contributed by atoms with van der Waals surface area (Å²) in [5.74, 6) is -0.366. The van der Waals surface area contributed by atoms with Crippen LogP contribution in [0.3, 0.4) is 0 Å². The minimum atomic E-state index is -1.28. The number of aliphatic hydroxyl groups is 2. The molecular weight excluding hydrogens is 188 g/mol. The van der Waals surface area contributed by atoms with Gasteiger partial charge in [0.05, 0.1) is 12.0 Å². The highest BCUT2D eigenvalue weighted by atomic mass is 16.7. The molecule has 82 valence electrons. The largest absolute Gasteiger partial charge is 0.394 e. The smallest absolute Gasteiger partial charge is 0.174 e. The summed E-state index contributed by atoms with van der Waals surface area (Å²) in [4.78, 5) is 11.7. The molecule has 1 aliphatic heterocycles. The molecule has 0 saturated carbocycles. The van der Waals surface area contributed by atoms with Crippen molar-refractivity contribution in [1.82, 2.24) is 0 Å². The van der Waals surface area contributed by atoms with Crippen LogP contribution in [0.5, 0.6) is 0 Å². The van der Waals surface area contributed by atoms with Gasteiger partial charge in [-0.1, -0.05) is 0 Å². The fourth-order valence-electron chi connectivity index (χ4n) is 1.56. The van der Waals surface area contributed by atoms with Crippen molar-refractivity contribution >= 4 is 5.78 Å². The van der Waals surface area contributed by atoms with Gasteiger partial charge in [0.15, 0.2) is 12.1 Å². The number of methoxy groups -OCH3 is 1. The fraction of sp³-hybridized carbons (Fsp3) is 0.889. The third-order valence-corrected chi connectivity index (χ3v) is 2.54. The van der Waals surface area contributed by atoms with E-state index in [2.05, 4.69) is 0 Å². The molecule has 1 aliphatic rings. The van der Waals surface area contributed by atoms with Crippen LogP contribution in [-0.4, -0.2) is 48.2 Å². The molecule has 5 heteroatoms. The zero-order valence-electron chi connectivity index (χ0n) is 8.56. The van der Waals surface area contributed by atoms with Crippen molar-refractivity contribution < 1.29 is 24.5 Å². The van der Waals surface area contributed by atoms with Crippen LogP contribution in [0.15, 0.2) is 0 Å². The molecule has 2 N–H and O–H groups in total. The lowest BCUT2D eigenvalue weighted by molar-refractivity contribution is -0.253. The van der Waals surface area contributed by atoms with E-state index in [0.717, 1.165) is 0 Å². The van der Waals surface area contributed by atoms with E-state index in [9.17, 15) is 9.90 Å². The highest BCUT2D eigenvalue weighted by molar-refractivity contribution is 5.89. The molecule has 1 fully saturated rings. The van der Waals surface area contributed by atoms with Crippen molar-refractivity contribution in [3.05, 3.63) is 0 Å². The molecule has 5 nitrogen and oxygen atoms in total. The standard InChI is InChI=1S/C9H16O5/c1-9(2)7(12)6(11)5(4-10)14-8(9)13-3/h5-6,8,10-11H,4H2,1-3H3/t5-,6-,8+/m1/s1. The third kappa shape index (κ3) is 1.68. The van der Waals surface area contributed by atoms with Crippen LogP contribution in [0.2, 0.25) is 0 Å². The van der Waals surface area contributed by atoms with Crippen molar-refractivity contribution in [2.75, 3.05) is 13.7 Å². The molecule has 1 rings (SSSR count). The van der Waals surface area contributed by atoms with Crippen molar-refractivity contribution in [3.8, 4) is 0 Å². The zero-order valence-corrected chi connectivity index (χ0v) is 8.56. The monoisotopic (exact) mass is 204 g/mol. The maximum Gasteiger partial charge on any atom is 0.174 e. The first-order valence-electron chi connectivity index (χ1n) is 4.46. The molecule has 3 atom stereocenters. The van der Waals surface area contributed by atoms with Crippen LogP contribution >= 0.6 is 0 Å². The van der Waals surface area contributed by atoms with Gasteiger partial charge in [0, 0.05) is 7.11 Å². The minimum absolute atomic E-state index is 0.366. The van der Waals surface area contributed by atoms with E-state index in [1.165, 1.54) is 7.11 Å². The van der Waals surface area contributed by atoms with E-state index in [1.54, 1.807) is 13.8 Å². The van der Waals surface area contributed by atoms with E-state index < -0.39 is 30.5 Å². The van der Waals surface area contributed by atoms with Crippen molar-refractivity contribution in [2.45, 2.75) is 32.3 Å². The van der Waals surface area contributed by atoms with Crippen molar-refractivity contribution in [3.63, 3.8) is 0 Å². The Morgan fingerprint density at radius 1 is 1.57 bits per heavy atom. The van der Waals surface area contributed by atoms with Gasteiger partial charge >= 0.3 is 0 Å². The van der Waals surface area contributed by atoms with E-state index >= 15 is 0 Å². The molecule has 0 unspecified atom stereocenters. The van der Waals surface area contributed by atoms with Gasteiger partial charge in [-0.05, 0) is 13.8 Å². The minimum Gasteiger partial charge on any atom is -0.394 e. The SMILES string of the molecule is CO[C@H]1O[C@H](CO)[C@@H](O)C(=O)C1(C)C. The van der Waals surface area contributed by atoms with E-state index in [4.69, 9.17) is 14.6 Å². The maximum absolute atomic E-state index is 11.7. The van der Waals surface area contributed by atoms with E-state index in [-0.39, 0.29) is 5.78 Å². The average Bonchev–Trinajstić information content (AvgIpc) is 2.15. The van der Waals surface area contributed by atoms with Crippen LogP contribution in [0.25, 0.3) is 0 Å². The first-order valence-corrected chi connectivity index (χ1v) is 4.46. The normalized spacial score (nSPS) is 37.2. The Hall–Kier alpha value is -0.490. The third-order valence-electron chi connectivity index (χ3n) is 2.54. The van der Waals surface area contributed by atoms with Crippen molar-refractivity contribution in [1.29, 1.82) is 0 Å². The Labute approximate surface area is 82.6 Å². The predicted octanol–water partition coefficient (Wildman–Crippen LogP) is -0.694. The molecule has 1 heterocycles. The molecule has 0 aromatic carbocycles. The van der Waals surface area contributed by atoms with Gasteiger partial charge in [-0.15, -0.1) is 0 Å². The molecule has 14 heavy (non-hydrogen) atoms. The summed E-state index contributed by atoms with van der Waals surface area (Å²) in [5.41, 5.74) is -0.889. The van der Waals surface area contributed by atoms with Gasteiger partial charge in [-0.25, -0.2) is 0 Å². The number of carbonyl (C=O) groups is 1. The number of ether oxygens (including phenoxy) is 2. The lowest BCUT2D eigenvalue weighted by Crippen LogP contribution is -2.57. The summed E-state index contributed by atoms with van der Waals surface area (Å²) in [7, 11) is 1.42. The molecule has 0 aromatic heterocycles. The van der Waals surface area contributed by atoms with Crippen LogP contribution in [0.1, 0.15) is 13.8 Å². The quantitative estimate of drug-likeness (QED) is 0.622. The number of Topliss-reactive ketones (excluding diaryl/α,β-unsaturated/α-hetero) is 1. The van der Waals surface area contributed by atoms with Gasteiger partial charge in [-0.2, -0.15) is 0 Å². The molecule has 0 aliphatic carbocycles. The first-order chi connectivity index (χ1) is 6.45. The van der Waals surface area contributed by atoms with Crippen LogP contribution in [0, 0.1) is 5.41 Å². The molecule has 0 radical (unpaired) electrons. The molecule has 0 bridgehead atoms. The highest BCUT2D eigenvalue weighted by Crippen LogP contribution is 2.33. The molecule has 0 aromatic rings. The van der Waals surface area contributed by atoms with E-state index in [1.807, 2.05) is 0 Å². The summed E-state index contributed by atoms with van der Waals surface area (Å²) in [5, 5.41) is 18.4. The number of hydrogen-bond donors (Lipinski definition) is 2. The second-order valence-corrected chi connectivity index (χ2v) is 3.96. The Kier molecular flexibility index (Phi) is 3.26. The van der Waals surface area contributed by atoms with Crippen LogP contribution < -0.4 is 0 Å². The van der Waals surface area contributed by atoms with Crippen LogP contribution in [-0.2, 0) is 14.3 Å². The number of ketones is 1. The topological polar surface area (TPSA) is 76.0 Å². The van der Waals surface area contributed by atoms with Gasteiger partial charge < -0.3 is 19.7 Å². The number of rotatable bonds is 2. The Morgan fingerprint density at radius 3 is 2.57 bits per heavy atom. The second-order valence-electron chi connectivity index (χ2n) is 3.96. The zero-order chi connectivity index (χ0) is 10.9. The van der Waals surface area contributed by atoms with E-state index in [0.29, 0.717) is 0 Å². The number of hydrogen-bond acceptors (Lipinski definition) is 5. The van der Waals surface area contributed by atoms with Gasteiger partial charge in [0.25, 0.3) is 0 Å². The fourth-order valence-corrected chi connectivity index (χ4v) is 1.56. The predicted molar refractivity (Wildman–Crippen MR) is 47.6 cm³/mol. The Morgan fingerprint density at radius 2 is 2.14 bits per heavy atom. The molecule has 0 spiro atoms. The summed E-state index contributed by atoms with van der Waals surface area (Å²) in [6.07, 6.45) is -2.89. The summed E-state index contributed by atoms with van der Waals surface area (Å²) < 4.78 is 10.2. The lowest BCUT2D eigenvalue weighted by Gasteiger charge is -2.41. The lowest BCUT2D eigenvalue weighted by atomic mass is 9.80. The van der Waals surface area contributed by atoms with Gasteiger partial charge in [0.2, 0.25) is 0 Å². The maximum atomic E-state index is 11.7. The number of aliphatic hydroxyl groups excluding tert-OH is 2. The molecular formula is C9H16O5. The number of carbonyl (C=O) groups excluding carboxylic acids is 1. The average molecular weight is 204 g/mol. The molecule has 1 saturated heterocycles. The van der Waals surface area contributed by atoms with Crippen molar-refractivity contribution in [2.24, 2.45) is 5.41 Å². The Balaban J connectivity index is 2.89. The first kappa shape index (κ1) is 11.6.